The molecule has 0 radical (unpaired) electrons. The molecule has 0 saturated carbocycles. The first-order chi connectivity index (χ1) is 14.7. The Labute approximate surface area is 185 Å². The molecule has 1 aromatic heterocycles. The summed E-state index contributed by atoms with van der Waals surface area (Å²) < 4.78 is 67.8. The first kappa shape index (κ1) is 24.0. The molecule has 7 nitrogen and oxygen atoms in total. The summed E-state index contributed by atoms with van der Waals surface area (Å²) in [5.41, 5.74) is 0.440. The fourth-order valence-corrected chi connectivity index (χ4v) is 5.16. The van der Waals surface area contributed by atoms with Gasteiger partial charge in [-0.3, -0.25) is 4.79 Å². The Morgan fingerprint density at radius 3 is 2.41 bits per heavy atom. The van der Waals surface area contributed by atoms with E-state index in [0.717, 1.165) is 15.9 Å². The van der Waals surface area contributed by atoms with Gasteiger partial charge in [-0.2, -0.15) is 25.9 Å². The van der Waals surface area contributed by atoms with Crippen molar-refractivity contribution in [1.29, 1.82) is 0 Å². The summed E-state index contributed by atoms with van der Waals surface area (Å²) >= 11 is 0. The minimum atomic E-state index is -4.69. The molecule has 11 heteroatoms. The number of benzene rings is 1. The Morgan fingerprint density at radius 1 is 1.19 bits per heavy atom. The molecule has 174 valence electrons. The molecule has 1 fully saturated rings. The fraction of sp³-hybridized carbons (Fsp3) is 0.429. The highest BCUT2D eigenvalue weighted by molar-refractivity contribution is 7.90. The zero-order valence-corrected chi connectivity index (χ0v) is 19.2. The topological polar surface area (TPSA) is 73.8 Å². The highest BCUT2D eigenvalue weighted by Crippen LogP contribution is 2.35. The van der Waals surface area contributed by atoms with Crippen LogP contribution in [0.5, 0.6) is 0 Å². The number of carbonyl (C=O) groups excluding carboxylic acids is 1. The van der Waals surface area contributed by atoms with Crippen LogP contribution in [0, 0.1) is 13.8 Å². The maximum Gasteiger partial charge on any atom is 0.416 e. The summed E-state index contributed by atoms with van der Waals surface area (Å²) in [6, 6.07) is 7.06. The molecular weight excluding hydrogens is 445 g/mol. The maximum absolute atomic E-state index is 13.6. The van der Waals surface area contributed by atoms with Crippen molar-refractivity contribution < 1.29 is 26.4 Å². The van der Waals surface area contributed by atoms with Gasteiger partial charge in [-0.25, -0.2) is 9.29 Å². The van der Waals surface area contributed by atoms with Crippen LogP contribution in [0.3, 0.4) is 0 Å². The molecule has 32 heavy (non-hydrogen) atoms. The van der Waals surface area contributed by atoms with Crippen LogP contribution in [0.2, 0.25) is 0 Å². The number of likely N-dealkylation sites (N-methyl/N-ethyl adjacent to an activating group) is 1. The molecule has 2 heterocycles. The summed E-state index contributed by atoms with van der Waals surface area (Å²) in [6.45, 7) is 6.55. The van der Waals surface area contributed by atoms with Crippen LogP contribution in [0.4, 0.5) is 24.7 Å². The second-order valence-corrected chi connectivity index (χ2v) is 10.0. The lowest BCUT2D eigenvalue weighted by molar-refractivity contribution is -0.137. The molecule has 0 N–H and O–H groups in total. The van der Waals surface area contributed by atoms with Crippen molar-refractivity contribution in [1.82, 2.24) is 9.29 Å². The molecule has 1 aliphatic rings. The van der Waals surface area contributed by atoms with Crippen molar-refractivity contribution in [3.05, 3.63) is 53.2 Å². The lowest BCUT2D eigenvalue weighted by Gasteiger charge is -2.32. The molecule has 1 aliphatic heterocycles. The zero-order chi connectivity index (χ0) is 24.0. The van der Waals surface area contributed by atoms with Gasteiger partial charge in [0.2, 0.25) is 0 Å². The van der Waals surface area contributed by atoms with Crippen molar-refractivity contribution in [2.75, 3.05) is 22.8 Å². The second-order valence-electron chi connectivity index (χ2n) is 8.09. The molecule has 3 rings (SSSR count). The minimum Gasteiger partial charge on any atom is -0.308 e. The van der Waals surface area contributed by atoms with Gasteiger partial charge in [0, 0.05) is 31.0 Å². The van der Waals surface area contributed by atoms with Crippen LogP contribution in [0.25, 0.3) is 0 Å². The van der Waals surface area contributed by atoms with Crippen LogP contribution in [-0.4, -0.2) is 49.3 Å². The fourth-order valence-electron chi connectivity index (χ4n) is 3.72. The molecule has 1 aromatic carbocycles. The summed E-state index contributed by atoms with van der Waals surface area (Å²) in [7, 11) is -2.97. The van der Waals surface area contributed by atoms with Gasteiger partial charge >= 0.3 is 16.4 Å². The normalized spacial score (nSPS) is 18.9. The molecule has 1 amide bonds. The zero-order valence-electron chi connectivity index (χ0n) is 18.4. The van der Waals surface area contributed by atoms with Gasteiger partial charge in [0.25, 0.3) is 5.91 Å². The Hall–Kier alpha value is -2.66. The number of aromatic nitrogens is 1. The average molecular weight is 471 g/mol. The highest BCUT2D eigenvalue weighted by atomic mass is 32.2. The summed E-state index contributed by atoms with van der Waals surface area (Å²) in [4.78, 5) is 19.1. The van der Waals surface area contributed by atoms with Crippen LogP contribution >= 0.6 is 0 Å². The molecule has 0 aliphatic carbocycles. The van der Waals surface area contributed by atoms with Crippen molar-refractivity contribution in [3.63, 3.8) is 0 Å². The van der Waals surface area contributed by atoms with E-state index in [1.54, 1.807) is 32.0 Å². The van der Waals surface area contributed by atoms with E-state index in [0.29, 0.717) is 16.1 Å². The lowest BCUT2D eigenvalue weighted by atomic mass is 10.1. The third-order valence-electron chi connectivity index (χ3n) is 5.17. The van der Waals surface area contributed by atoms with Crippen LogP contribution in [-0.2, 0) is 21.2 Å². The van der Waals surface area contributed by atoms with Crippen LogP contribution < -0.4 is 9.21 Å². The van der Waals surface area contributed by atoms with Crippen molar-refractivity contribution in [2.45, 2.75) is 46.0 Å². The van der Waals surface area contributed by atoms with E-state index in [9.17, 15) is 26.4 Å². The maximum atomic E-state index is 13.6. The molecule has 0 unspecified atom stereocenters. The highest BCUT2D eigenvalue weighted by Gasteiger charge is 2.49. The number of nitrogens with zero attached hydrogens (tertiary/aromatic N) is 4. The Kier molecular flexibility index (Phi) is 6.27. The van der Waals surface area contributed by atoms with Gasteiger partial charge in [0.05, 0.1) is 5.56 Å². The number of hydrogen-bond donors (Lipinski definition) is 0. The first-order valence-corrected chi connectivity index (χ1v) is 11.3. The smallest absolute Gasteiger partial charge is 0.308 e. The Morgan fingerprint density at radius 2 is 1.84 bits per heavy atom. The quantitative estimate of drug-likeness (QED) is 0.685. The molecule has 1 atom stereocenters. The number of halogens is 3. The van der Waals surface area contributed by atoms with Gasteiger partial charge in [-0.05, 0) is 57.5 Å². The first-order valence-electron chi connectivity index (χ1n) is 9.95. The van der Waals surface area contributed by atoms with Gasteiger partial charge in [-0.15, -0.1) is 0 Å². The summed E-state index contributed by atoms with van der Waals surface area (Å²) in [5, 5.41) is 0. The van der Waals surface area contributed by atoms with Gasteiger partial charge < -0.3 is 4.90 Å². The summed E-state index contributed by atoms with van der Waals surface area (Å²) in [6.07, 6.45) is -4.69. The minimum absolute atomic E-state index is 0.00910. The molecule has 1 saturated heterocycles. The van der Waals surface area contributed by atoms with E-state index in [-0.39, 0.29) is 18.3 Å². The molecule has 0 spiro atoms. The standard InChI is InChI=1S/C21H25F3N4O3S/c1-13(2)27(17-8-6-7-14(3)9-17)20(29)18-12-26(5)32(30,31)28(18)19-11-16(21(22,23)24)10-15(4)25-19/h6-11,13,18H,12H2,1-5H3/t18-/m0/s1. The second kappa shape index (κ2) is 8.36. The number of alkyl halides is 3. The number of rotatable bonds is 4. The third-order valence-corrected chi connectivity index (χ3v) is 7.04. The van der Waals surface area contributed by atoms with Crippen molar-refractivity contribution in [2.24, 2.45) is 0 Å². The van der Waals surface area contributed by atoms with Gasteiger partial charge in [0.15, 0.2) is 0 Å². The van der Waals surface area contributed by atoms with Gasteiger partial charge in [-0.1, -0.05) is 12.1 Å². The van der Waals surface area contributed by atoms with E-state index >= 15 is 0 Å². The van der Waals surface area contributed by atoms with E-state index in [1.807, 2.05) is 13.0 Å². The van der Waals surface area contributed by atoms with E-state index in [4.69, 9.17) is 0 Å². The number of aryl methyl sites for hydroxylation is 2. The molecule has 2 aromatic rings. The van der Waals surface area contributed by atoms with Crippen molar-refractivity contribution >= 4 is 27.6 Å². The number of hydrogen-bond acceptors (Lipinski definition) is 4. The predicted octanol–water partition coefficient (Wildman–Crippen LogP) is 3.52. The van der Waals surface area contributed by atoms with Crippen molar-refractivity contribution in [3.8, 4) is 0 Å². The SMILES string of the molecule is Cc1cccc(N(C(=O)[C@@H]2CN(C)S(=O)(=O)N2c2cc(C(F)(F)F)cc(C)n2)C(C)C)c1. The predicted molar refractivity (Wildman–Crippen MR) is 116 cm³/mol. The molecule has 0 bridgehead atoms. The average Bonchev–Trinajstić information content (AvgIpc) is 2.89. The largest absolute Gasteiger partial charge is 0.416 e. The number of amides is 1. The Bertz CT molecular complexity index is 1140. The van der Waals surface area contributed by atoms with Crippen LogP contribution in [0.15, 0.2) is 36.4 Å². The van der Waals surface area contributed by atoms with Gasteiger partial charge in [0.1, 0.15) is 11.9 Å². The van der Waals surface area contributed by atoms with E-state index in [2.05, 4.69) is 4.98 Å². The number of carbonyl (C=O) groups is 1. The van der Waals surface area contributed by atoms with E-state index < -0.39 is 39.7 Å². The lowest BCUT2D eigenvalue weighted by Crippen LogP contribution is -2.51. The number of pyridine rings is 1. The van der Waals surface area contributed by atoms with E-state index in [1.165, 1.54) is 18.9 Å². The number of anilines is 2. The van der Waals surface area contributed by atoms with Crippen LogP contribution in [0.1, 0.15) is 30.7 Å². The summed E-state index contributed by atoms with van der Waals surface area (Å²) in [5.74, 6) is -0.983. The third kappa shape index (κ3) is 4.44. The molecular formula is C21H25F3N4O3S. The monoisotopic (exact) mass is 470 g/mol. The Balaban J connectivity index is 2.13.